The molecule has 0 heterocycles. The van der Waals surface area contributed by atoms with E-state index in [1.54, 1.807) is 42.7 Å². The van der Waals surface area contributed by atoms with Gasteiger partial charge >= 0.3 is 17.6 Å². The van der Waals surface area contributed by atoms with Crippen molar-refractivity contribution in [1.29, 1.82) is 0 Å². The zero-order chi connectivity index (χ0) is 23.2. The van der Waals surface area contributed by atoms with E-state index in [4.69, 9.17) is 26.6 Å². The maximum Gasteiger partial charge on any atom is 0.518 e. The second kappa shape index (κ2) is 15.8. The average molecular weight is 473 g/mol. The molecule has 0 aliphatic heterocycles. The molecule has 0 rings (SSSR count). The zero-order valence-electron chi connectivity index (χ0n) is 20.0. The number of aliphatic hydroxyl groups excluding tert-OH is 2. The van der Waals surface area contributed by atoms with Gasteiger partial charge in [0.05, 0.1) is 24.5 Å². The molecule has 0 aromatic heterocycles. The van der Waals surface area contributed by atoms with Crippen LogP contribution in [0, 0.1) is 0 Å². The fourth-order valence-electron chi connectivity index (χ4n) is 4.14. The minimum atomic E-state index is -2.95. The largest absolute Gasteiger partial charge is 0.518 e. The molecule has 10 nitrogen and oxygen atoms in total. The van der Waals surface area contributed by atoms with Gasteiger partial charge in [0.15, 0.2) is 0 Å². The zero-order valence-corrected chi connectivity index (χ0v) is 22.0. The lowest BCUT2D eigenvalue weighted by atomic mass is 10.3. The highest BCUT2D eigenvalue weighted by Crippen LogP contribution is 2.23. The molecule has 2 atom stereocenters. The Bertz CT molecular complexity index is 376. The Labute approximate surface area is 184 Å². The lowest BCUT2D eigenvalue weighted by Crippen LogP contribution is -2.64. The number of rotatable bonds is 19. The molecule has 12 heteroatoms. The SMILES string of the molecule is CCC(N(CCO)CCN(CCO)C(CC)[Si](OC)(OC)OC)[Si](OC)(OC)OC. The van der Waals surface area contributed by atoms with Crippen LogP contribution in [0.5, 0.6) is 0 Å². The molecule has 2 unspecified atom stereocenters. The van der Waals surface area contributed by atoms with Gasteiger partial charge in [-0.25, -0.2) is 0 Å². The summed E-state index contributed by atoms with van der Waals surface area (Å²) in [5.41, 5.74) is -0.232. The highest BCUT2D eigenvalue weighted by molar-refractivity contribution is 6.62. The Morgan fingerprint density at radius 3 is 1.00 bits per heavy atom. The summed E-state index contributed by atoms with van der Waals surface area (Å²) in [5.74, 6) is 0. The van der Waals surface area contributed by atoms with Gasteiger partial charge in [-0.3, -0.25) is 9.80 Å². The third kappa shape index (κ3) is 7.28. The topological polar surface area (TPSA) is 102 Å². The Morgan fingerprint density at radius 1 is 0.567 bits per heavy atom. The molecule has 0 saturated heterocycles. The molecular formula is C18H44N2O8Si2. The molecule has 0 radical (unpaired) electrons. The predicted molar refractivity (Wildman–Crippen MR) is 119 cm³/mol. The van der Waals surface area contributed by atoms with E-state index in [1.807, 2.05) is 13.8 Å². The van der Waals surface area contributed by atoms with Crippen molar-refractivity contribution in [3.63, 3.8) is 0 Å². The summed E-state index contributed by atoms with van der Waals surface area (Å²) in [6.45, 7) is 6.23. The summed E-state index contributed by atoms with van der Waals surface area (Å²) in [6, 6.07) is 0. The van der Waals surface area contributed by atoms with Gasteiger partial charge in [0.25, 0.3) is 0 Å². The first kappa shape index (κ1) is 30.0. The van der Waals surface area contributed by atoms with E-state index in [0.29, 0.717) is 26.2 Å². The van der Waals surface area contributed by atoms with Crippen molar-refractivity contribution < 1.29 is 36.8 Å². The lowest BCUT2D eigenvalue weighted by molar-refractivity contribution is 0.0442. The fraction of sp³-hybridized carbons (Fsp3) is 1.00. The van der Waals surface area contributed by atoms with Gasteiger partial charge in [-0.2, -0.15) is 0 Å². The van der Waals surface area contributed by atoms with Crippen molar-refractivity contribution in [3.8, 4) is 0 Å². The summed E-state index contributed by atoms with van der Waals surface area (Å²) < 4.78 is 34.3. The number of aliphatic hydroxyl groups is 2. The van der Waals surface area contributed by atoms with Crippen LogP contribution in [0.1, 0.15) is 26.7 Å². The molecule has 2 N–H and O–H groups in total. The maximum atomic E-state index is 9.68. The van der Waals surface area contributed by atoms with E-state index in [-0.39, 0.29) is 24.5 Å². The molecule has 0 aliphatic rings. The molecule has 0 aromatic rings. The first-order valence-electron chi connectivity index (χ1n) is 10.4. The number of hydrogen-bond donors (Lipinski definition) is 2. The van der Waals surface area contributed by atoms with Crippen LogP contribution < -0.4 is 0 Å². The molecule has 0 bridgehead atoms. The summed E-state index contributed by atoms with van der Waals surface area (Å²) >= 11 is 0. The van der Waals surface area contributed by atoms with Crippen molar-refractivity contribution in [2.45, 2.75) is 38.0 Å². The Kier molecular flexibility index (Phi) is 15.8. The Balaban J connectivity index is 5.73. The maximum absolute atomic E-state index is 9.68. The second-order valence-electron chi connectivity index (χ2n) is 6.80. The van der Waals surface area contributed by atoms with E-state index < -0.39 is 17.6 Å². The average Bonchev–Trinajstić information content (AvgIpc) is 2.78. The fourth-order valence-corrected chi connectivity index (χ4v) is 9.18. The van der Waals surface area contributed by atoms with Crippen LogP contribution >= 0.6 is 0 Å². The third-order valence-electron chi connectivity index (χ3n) is 5.63. The standard InChI is InChI=1S/C18H44N2O8Si2/c1-9-17(29(23-3,24-4)25-5)19(13-15-21)11-12-20(14-16-22)18(10-2)30(26-6,27-7)28-8/h17-18,21-22H,9-16H2,1-8H3. The van der Waals surface area contributed by atoms with Crippen LogP contribution in [0.2, 0.25) is 0 Å². The van der Waals surface area contributed by atoms with Gasteiger partial charge < -0.3 is 36.8 Å². The third-order valence-corrected chi connectivity index (χ3v) is 12.2. The van der Waals surface area contributed by atoms with Crippen molar-refractivity contribution in [2.24, 2.45) is 0 Å². The molecule has 0 aliphatic carbocycles. The van der Waals surface area contributed by atoms with E-state index in [1.165, 1.54) is 0 Å². The van der Waals surface area contributed by atoms with Gasteiger partial charge in [0, 0.05) is 68.8 Å². The van der Waals surface area contributed by atoms with Crippen LogP contribution in [0.3, 0.4) is 0 Å². The first-order chi connectivity index (χ1) is 14.4. The predicted octanol–water partition coefficient (Wildman–Crippen LogP) is -0.0332. The normalized spacial score (nSPS) is 15.2. The van der Waals surface area contributed by atoms with E-state index >= 15 is 0 Å². The minimum Gasteiger partial charge on any atom is -0.395 e. The molecule has 0 aromatic carbocycles. The lowest BCUT2D eigenvalue weighted by Gasteiger charge is -2.42. The van der Waals surface area contributed by atoms with Crippen LogP contribution in [-0.2, 0) is 26.6 Å². The van der Waals surface area contributed by atoms with Gasteiger partial charge in [-0.05, 0) is 12.8 Å². The Hall–Kier alpha value is 0.0338. The van der Waals surface area contributed by atoms with Gasteiger partial charge in [-0.1, -0.05) is 13.8 Å². The van der Waals surface area contributed by atoms with Crippen LogP contribution in [-0.4, -0.2) is 131 Å². The molecule has 30 heavy (non-hydrogen) atoms. The summed E-state index contributed by atoms with van der Waals surface area (Å²) in [7, 11) is 3.68. The van der Waals surface area contributed by atoms with Crippen molar-refractivity contribution in [1.82, 2.24) is 9.80 Å². The smallest absolute Gasteiger partial charge is 0.395 e. The van der Waals surface area contributed by atoms with E-state index in [9.17, 15) is 10.2 Å². The second-order valence-corrected chi connectivity index (χ2v) is 13.0. The van der Waals surface area contributed by atoms with Crippen molar-refractivity contribution >= 4 is 17.6 Å². The molecule has 0 spiro atoms. The molecule has 182 valence electrons. The minimum absolute atomic E-state index is 0.00221. The molecular weight excluding hydrogens is 428 g/mol. The Morgan fingerprint density at radius 2 is 0.833 bits per heavy atom. The van der Waals surface area contributed by atoms with E-state index in [2.05, 4.69) is 9.80 Å². The van der Waals surface area contributed by atoms with Crippen LogP contribution in [0.15, 0.2) is 0 Å². The molecule has 0 fully saturated rings. The molecule has 0 amide bonds. The molecule has 0 saturated carbocycles. The van der Waals surface area contributed by atoms with E-state index in [0.717, 1.165) is 12.8 Å². The first-order valence-corrected chi connectivity index (χ1v) is 14.0. The van der Waals surface area contributed by atoms with Crippen LogP contribution in [0.4, 0.5) is 0 Å². The summed E-state index contributed by atoms with van der Waals surface area (Å²) in [6.07, 6.45) is 1.48. The van der Waals surface area contributed by atoms with Crippen LogP contribution in [0.25, 0.3) is 0 Å². The highest BCUT2D eigenvalue weighted by atomic mass is 28.4. The van der Waals surface area contributed by atoms with Gasteiger partial charge in [0.2, 0.25) is 0 Å². The highest BCUT2D eigenvalue weighted by Gasteiger charge is 2.51. The summed E-state index contributed by atoms with van der Waals surface area (Å²) in [5, 5.41) is 19.4. The van der Waals surface area contributed by atoms with Gasteiger partial charge in [-0.15, -0.1) is 0 Å². The van der Waals surface area contributed by atoms with Gasteiger partial charge in [0.1, 0.15) is 0 Å². The summed E-state index contributed by atoms with van der Waals surface area (Å²) in [4.78, 5) is 4.27. The quantitative estimate of drug-likeness (QED) is 0.249. The van der Waals surface area contributed by atoms with Crippen molar-refractivity contribution in [2.75, 3.05) is 82.1 Å². The number of nitrogens with zero attached hydrogens (tertiary/aromatic N) is 2. The number of hydrogen-bond acceptors (Lipinski definition) is 10. The van der Waals surface area contributed by atoms with Crippen molar-refractivity contribution in [3.05, 3.63) is 0 Å². The monoisotopic (exact) mass is 472 g/mol.